The fraction of sp³-hybridized carbons (Fsp3) is 0.100. The van der Waals surface area contributed by atoms with Crippen molar-refractivity contribution in [3.05, 3.63) is 65.4 Å². The highest BCUT2D eigenvalue weighted by atomic mass is 35.5. The van der Waals surface area contributed by atoms with Crippen LogP contribution >= 0.6 is 23.5 Å². The molecule has 2 heterocycles. The fourth-order valence-corrected chi connectivity index (χ4v) is 3.62. The summed E-state index contributed by atoms with van der Waals surface area (Å²) >= 11 is 7.06. The zero-order chi connectivity index (χ0) is 21.8. The van der Waals surface area contributed by atoms with Crippen LogP contribution in [0.1, 0.15) is 11.6 Å². The van der Waals surface area contributed by atoms with Gasteiger partial charge in [-0.05, 0) is 54.9 Å². The number of rotatable bonds is 7. The van der Waals surface area contributed by atoms with Crippen LogP contribution in [0.25, 0.3) is 11.0 Å². The molecule has 0 bridgehead atoms. The molecule has 9 nitrogen and oxygen atoms in total. The molecule has 2 aromatic heterocycles. The Morgan fingerprint density at radius 3 is 2.68 bits per heavy atom. The quantitative estimate of drug-likeness (QED) is 0.263. The van der Waals surface area contributed by atoms with Gasteiger partial charge in [0.25, 0.3) is 0 Å². The van der Waals surface area contributed by atoms with Crippen LogP contribution in [0.15, 0.2) is 54.9 Å². The summed E-state index contributed by atoms with van der Waals surface area (Å²) in [6.07, 6.45) is 1.44. The number of hydrogen-bond acceptors (Lipinski definition) is 9. The molecule has 0 aliphatic heterocycles. The number of carbonyl (C=O) groups is 1. The second-order valence-electron chi connectivity index (χ2n) is 6.50. The number of hydrogen-bond donors (Lipinski definition) is 5. The molecule has 0 aliphatic rings. The van der Waals surface area contributed by atoms with Crippen molar-refractivity contribution < 1.29 is 4.79 Å². The van der Waals surface area contributed by atoms with Crippen LogP contribution in [0.3, 0.4) is 0 Å². The van der Waals surface area contributed by atoms with E-state index in [1.54, 1.807) is 31.3 Å². The lowest BCUT2D eigenvalue weighted by Crippen LogP contribution is -2.20. The minimum absolute atomic E-state index is 0.156. The average molecular weight is 455 g/mol. The lowest BCUT2D eigenvalue weighted by atomic mass is 10.1. The Labute approximate surface area is 187 Å². The van der Waals surface area contributed by atoms with E-state index in [9.17, 15) is 4.79 Å². The van der Waals surface area contributed by atoms with Gasteiger partial charge in [0, 0.05) is 16.4 Å². The molecule has 0 aliphatic carbocycles. The number of H-pyrrole nitrogens is 1. The lowest BCUT2D eigenvalue weighted by Gasteiger charge is -2.12. The Kier molecular flexibility index (Phi) is 6.33. The van der Waals surface area contributed by atoms with Crippen molar-refractivity contribution in [3.63, 3.8) is 0 Å². The summed E-state index contributed by atoms with van der Waals surface area (Å²) in [5.41, 5.74) is 8.82. The molecule has 11 heteroatoms. The number of halogens is 1. The third kappa shape index (κ3) is 4.78. The van der Waals surface area contributed by atoms with Gasteiger partial charge in [-0.3, -0.25) is 14.6 Å². The molecule has 158 valence electrons. The average Bonchev–Trinajstić information content (AvgIpc) is 3.18. The molecule has 0 fully saturated rings. The van der Waals surface area contributed by atoms with Crippen molar-refractivity contribution in [1.29, 1.82) is 0 Å². The number of carbonyl (C=O) groups excluding carboxylic acids is 1. The summed E-state index contributed by atoms with van der Waals surface area (Å²) < 4.78 is 2.74. The van der Waals surface area contributed by atoms with Gasteiger partial charge >= 0.3 is 0 Å². The molecule has 4 aromatic rings. The smallest absolute Gasteiger partial charge is 0.224 e. The second-order valence-corrected chi connectivity index (χ2v) is 7.96. The van der Waals surface area contributed by atoms with E-state index in [1.807, 2.05) is 24.3 Å². The van der Waals surface area contributed by atoms with Gasteiger partial charge in [-0.1, -0.05) is 29.8 Å². The van der Waals surface area contributed by atoms with Crippen LogP contribution in [0, 0.1) is 0 Å². The molecule has 1 atom stereocenters. The standard InChI is InChI=1S/C20H19ClN8OS/c1-23-31-20(30)16(22)11-5-7-13(8-6-11)26-19-15-17(24-10-25-18(15)28-29-19)27-14-4-2-3-12(21)9-14/h2-10,16,23H,22H2,1H3,(H3,24,25,26,27,28,29). The lowest BCUT2D eigenvalue weighted by molar-refractivity contribution is -0.112. The first kappa shape index (κ1) is 21.1. The maximum Gasteiger partial charge on any atom is 0.224 e. The van der Waals surface area contributed by atoms with Gasteiger partial charge < -0.3 is 16.4 Å². The van der Waals surface area contributed by atoms with Gasteiger partial charge in [0.15, 0.2) is 5.65 Å². The summed E-state index contributed by atoms with van der Waals surface area (Å²) in [5.74, 6) is 1.20. The number of fused-ring (bicyclic) bond motifs is 1. The summed E-state index contributed by atoms with van der Waals surface area (Å²) in [5, 5.41) is 14.9. The molecule has 0 spiro atoms. The van der Waals surface area contributed by atoms with Crippen LogP contribution < -0.4 is 21.1 Å². The molecule has 2 aromatic carbocycles. The molecule has 31 heavy (non-hydrogen) atoms. The zero-order valence-corrected chi connectivity index (χ0v) is 18.0. The molecule has 0 saturated carbocycles. The number of benzene rings is 2. The third-order valence-corrected chi connectivity index (χ3v) is 5.33. The number of nitrogens with one attached hydrogen (secondary N) is 4. The van der Waals surface area contributed by atoms with E-state index in [0.717, 1.165) is 28.9 Å². The Morgan fingerprint density at radius 2 is 1.94 bits per heavy atom. The maximum atomic E-state index is 12.0. The largest absolute Gasteiger partial charge is 0.340 e. The number of aromatic amines is 1. The topological polar surface area (TPSA) is 134 Å². The van der Waals surface area contributed by atoms with Gasteiger partial charge in [-0.15, -0.1) is 0 Å². The predicted molar refractivity (Wildman–Crippen MR) is 125 cm³/mol. The molecular formula is C20H19ClN8OS. The molecule has 1 unspecified atom stereocenters. The van der Waals surface area contributed by atoms with Crippen molar-refractivity contribution in [1.82, 2.24) is 24.9 Å². The van der Waals surface area contributed by atoms with Crippen molar-refractivity contribution in [2.45, 2.75) is 6.04 Å². The molecular weight excluding hydrogens is 436 g/mol. The Balaban J connectivity index is 1.58. The van der Waals surface area contributed by atoms with Gasteiger partial charge in [0.05, 0.1) is 0 Å². The monoisotopic (exact) mass is 454 g/mol. The summed E-state index contributed by atoms with van der Waals surface area (Å²) in [7, 11) is 1.68. The van der Waals surface area contributed by atoms with Gasteiger partial charge in [-0.25, -0.2) is 9.97 Å². The Morgan fingerprint density at radius 1 is 1.13 bits per heavy atom. The van der Waals surface area contributed by atoms with Crippen LogP contribution in [-0.2, 0) is 4.79 Å². The number of nitrogens with zero attached hydrogens (tertiary/aromatic N) is 3. The molecule has 0 amide bonds. The zero-order valence-electron chi connectivity index (χ0n) is 16.4. The van der Waals surface area contributed by atoms with Crippen LogP contribution in [0.2, 0.25) is 5.02 Å². The van der Waals surface area contributed by atoms with Gasteiger partial charge in [0.2, 0.25) is 5.12 Å². The number of aromatic nitrogens is 4. The number of nitrogens with two attached hydrogens (primary N) is 1. The highest BCUT2D eigenvalue weighted by molar-refractivity contribution is 8.12. The first-order chi connectivity index (χ1) is 15.0. The molecule has 4 rings (SSSR count). The summed E-state index contributed by atoms with van der Waals surface area (Å²) in [6, 6.07) is 13.9. The van der Waals surface area contributed by atoms with E-state index >= 15 is 0 Å². The third-order valence-electron chi connectivity index (χ3n) is 4.43. The van der Waals surface area contributed by atoms with E-state index in [4.69, 9.17) is 17.3 Å². The minimum Gasteiger partial charge on any atom is -0.340 e. The van der Waals surface area contributed by atoms with E-state index in [0.29, 0.717) is 27.7 Å². The normalized spacial score (nSPS) is 12.0. The van der Waals surface area contributed by atoms with Crippen molar-refractivity contribution in [2.75, 3.05) is 17.7 Å². The van der Waals surface area contributed by atoms with Crippen LogP contribution in [0.4, 0.5) is 23.0 Å². The second kappa shape index (κ2) is 9.31. The van der Waals surface area contributed by atoms with Crippen LogP contribution in [-0.4, -0.2) is 32.3 Å². The first-order valence-corrected chi connectivity index (χ1v) is 10.5. The first-order valence-electron chi connectivity index (χ1n) is 9.27. The van der Waals surface area contributed by atoms with E-state index in [2.05, 4.69) is 35.5 Å². The van der Waals surface area contributed by atoms with Gasteiger partial charge in [0.1, 0.15) is 29.4 Å². The van der Waals surface area contributed by atoms with Crippen molar-refractivity contribution in [2.24, 2.45) is 5.73 Å². The fourth-order valence-electron chi connectivity index (χ4n) is 2.96. The van der Waals surface area contributed by atoms with Gasteiger partial charge in [-0.2, -0.15) is 5.10 Å². The Bertz CT molecular complexity index is 1210. The van der Waals surface area contributed by atoms with Crippen molar-refractivity contribution >= 4 is 62.7 Å². The number of anilines is 4. The maximum absolute atomic E-state index is 12.0. The highest BCUT2D eigenvalue weighted by Crippen LogP contribution is 2.30. The SMILES string of the molecule is CNSC(=O)C(N)c1ccc(Nc2[nH]nc3ncnc(Nc4cccc(Cl)c4)c23)cc1. The van der Waals surface area contributed by atoms with E-state index < -0.39 is 6.04 Å². The predicted octanol–water partition coefficient (Wildman–Crippen LogP) is 3.89. The van der Waals surface area contributed by atoms with Crippen molar-refractivity contribution in [3.8, 4) is 0 Å². The molecule has 0 saturated heterocycles. The minimum atomic E-state index is -0.707. The summed E-state index contributed by atoms with van der Waals surface area (Å²) in [4.78, 5) is 20.5. The van der Waals surface area contributed by atoms with E-state index in [1.165, 1.54) is 6.33 Å². The van der Waals surface area contributed by atoms with E-state index in [-0.39, 0.29) is 5.12 Å². The van der Waals surface area contributed by atoms with Crippen LogP contribution in [0.5, 0.6) is 0 Å². The summed E-state index contributed by atoms with van der Waals surface area (Å²) in [6.45, 7) is 0. The molecule has 0 radical (unpaired) electrons. The highest BCUT2D eigenvalue weighted by Gasteiger charge is 2.17. The molecule has 6 N–H and O–H groups in total. The Hall–Kier alpha value is -3.18.